The van der Waals surface area contributed by atoms with Crippen LogP contribution in [0.4, 0.5) is 0 Å². The second-order valence-electron chi connectivity index (χ2n) is 10.3. The predicted octanol–water partition coefficient (Wildman–Crippen LogP) is 3.85. The molecule has 0 spiro atoms. The SMILES string of the molecule is CC1=C2OC(C)(C(=O)N3CCN(CC(=O)N=O)CC3)CCC2C(C(C)C)C(N=O)=C1C(C)C. The summed E-state index contributed by atoms with van der Waals surface area (Å²) in [5, 5.41) is 5.93. The molecule has 9 nitrogen and oxygen atoms in total. The first-order valence-electron chi connectivity index (χ1n) is 11.9. The van der Waals surface area contributed by atoms with Gasteiger partial charge in [0, 0.05) is 43.2 Å². The highest BCUT2D eigenvalue weighted by Gasteiger charge is 2.50. The maximum Gasteiger partial charge on any atom is 0.300 e. The molecule has 2 saturated heterocycles. The average molecular weight is 461 g/mol. The summed E-state index contributed by atoms with van der Waals surface area (Å²) in [5.41, 5.74) is 1.53. The van der Waals surface area contributed by atoms with Crippen LogP contribution in [0.1, 0.15) is 54.4 Å². The summed E-state index contributed by atoms with van der Waals surface area (Å²) < 4.78 is 6.55. The quantitative estimate of drug-likeness (QED) is 0.557. The van der Waals surface area contributed by atoms with Gasteiger partial charge in [-0.3, -0.25) is 14.5 Å². The van der Waals surface area contributed by atoms with Crippen molar-refractivity contribution in [2.75, 3.05) is 32.7 Å². The number of rotatable bonds is 6. The fraction of sp³-hybridized carbons (Fsp3) is 0.750. The highest BCUT2D eigenvalue weighted by atomic mass is 16.5. The lowest BCUT2D eigenvalue weighted by Gasteiger charge is -2.47. The second kappa shape index (κ2) is 9.83. The molecule has 33 heavy (non-hydrogen) atoms. The maximum absolute atomic E-state index is 13.5. The third-order valence-corrected chi connectivity index (χ3v) is 7.37. The van der Waals surface area contributed by atoms with E-state index in [2.05, 4.69) is 38.0 Å². The number of hydrogen-bond donors (Lipinski definition) is 0. The zero-order valence-electron chi connectivity index (χ0n) is 20.6. The standard InChI is InChI=1S/C24H36N4O5/c1-14(2)19-16(5)22-17(20(15(3)4)21(19)26-32)7-8-24(6,33-22)23(30)28-11-9-27(10-12-28)13-18(29)25-31/h14-15,17,20H,7-13H2,1-6H3. The van der Waals surface area contributed by atoms with Crippen LogP contribution in [-0.2, 0) is 14.3 Å². The van der Waals surface area contributed by atoms with Gasteiger partial charge in [0.2, 0.25) is 0 Å². The van der Waals surface area contributed by atoms with Crippen molar-refractivity contribution in [1.82, 2.24) is 9.80 Å². The fourth-order valence-electron chi connectivity index (χ4n) is 5.76. The molecule has 0 aromatic rings. The van der Waals surface area contributed by atoms with Gasteiger partial charge in [-0.25, -0.2) is 0 Å². The van der Waals surface area contributed by atoms with Crippen LogP contribution in [0.25, 0.3) is 0 Å². The van der Waals surface area contributed by atoms with Crippen LogP contribution >= 0.6 is 0 Å². The summed E-state index contributed by atoms with van der Waals surface area (Å²) in [4.78, 5) is 50.7. The van der Waals surface area contributed by atoms with Gasteiger partial charge in [-0.2, -0.15) is 0 Å². The molecule has 0 saturated carbocycles. The first-order chi connectivity index (χ1) is 15.5. The summed E-state index contributed by atoms with van der Waals surface area (Å²) >= 11 is 0. The third kappa shape index (κ3) is 4.78. The summed E-state index contributed by atoms with van der Waals surface area (Å²) in [6.07, 6.45) is 1.31. The summed E-state index contributed by atoms with van der Waals surface area (Å²) in [5.74, 6) is 0.437. The molecule has 182 valence electrons. The Labute approximate surface area is 195 Å². The summed E-state index contributed by atoms with van der Waals surface area (Å²) in [6, 6.07) is 0. The number of amides is 2. The number of piperazine rings is 1. The molecule has 3 atom stereocenters. The van der Waals surface area contributed by atoms with Crippen molar-refractivity contribution < 1.29 is 14.3 Å². The highest BCUT2D eigenvalue weighted by molar-refractivity contribution is 5.85. The van der Waals surface area contributed by atoms with Crippen molar-refractivity contribution in [3.05, 3.63) is 32.4 Å². The van der Waals surface area contributed by atoms with Crippen molar-refractivity contribution in [2.45, 2.75) is 60.0 Å². The Bertz CT molecular complexity index is 885. The molecule has 0 aromatic heterocycles. The number of hydrogen-bond acceptors (Lipinski definition) is 7. The van der Waals surface area contributed by atoms with E-state index in [4.69, 9.17) is 4.74 Å². The van der Waals surface area contributed by atoms with Crippen molar-refractivity contribution in [2.24, 2.45) is 34.0 Å². The first-order valence-corrected chi connectivity index (χ1v) is 11.9. The van der Waals surface area contributed by atoms with Gasteiger partial charge < -0.3 is 9.64 Å². The zero-order valence-corrected chi connectivity index (χ0v) is 20.6. The van der Waals surface area contributed by atoms with Crippen LogP contribution < -0.4 is 0 Å². The van der Waals surface area contributed by atoms with Crippen LogP contribution in [0.15, 0.2) is 33.0 Å². The normalized spacial score (nSPS) is 28.7. The second-order valence-corrected chi connectivity index (χ2v) is 10.3. The van der Waals surface area contributed by atoms with E-state index in [9.17, 15) is 19.4 Å². The lowest BCUT2D eigenvalue weighted by molar-refractivity contribution is -0.160. The minimum Gasteiger partial charge on any atom is -0.481 e. The van der Waals surface area contributed by atoms with Gasteiger partial charge >= 0.3 is 0 Å². The van der Waals surface area contributed by atoms with Crippen LogP contribution in [0.2, 0.25) is 0 Å². The van der Waals surface area contributed by atoms with Gasteiger partial charge in [0.25, 0.3) is 11.8 Å². The monoisotopic (exact) mass is 460 g/mol. The number of carbonyl (C=O) groups is 2. The van der Waals surface area contributed by atoms with Gasteiger partial charge in [-0.15, -0.1) is 9.81 Å². The zero-order chi connectivity index (χ0) is 24.5. The minimum absolute atomic E-state index is 0.0128. The number of ether oxygens (including phenoxy) is 1. The van der Waals surface area contributed by atoms with Crippen LogP contribution in [-0.4, -0.2) is 59.9 Å². The molecule has 1 aliphatic carbocycles. The molecule has 3 rings (SSSR count). The molecule has 2 fully saturated rings. The van der Waals surface area contributed by atoms with Gasteiger partial charge in [0.05, 0.1) is 12.2 Å². The maximum atomic E-state index is 13.5. The van der Waals surface area contributed by atoms with Crippen LogP contribution in [0, 0.1) is 33.5 Å². The van der Waals surface area contributed by atoms with E-state index < -0.39 is 11.5 Å². The third-order valence-electron chi connectivity index (χ3n) is 7.37. The molecule has 0 aromatic carbocycles. The molecular formula is C24H36N4O5. The van der Waals surface area contributed by atoms with Crippen LogP contribution in [0.5, 0.6) is 0 Å². The molecule has 9 heteroatoms. The van der Waals surface area contributed by atoms with Gasteiger partial charge in [0.1, 0.15) is 5.76 Å². The Morgan fingerprint density at radius 1 is 1.12 bits per heavy atom. The highest BCUT2D eigenvalue weighted by Crippen LogP contribution is 2.51. The number of allylic oxidation sites excluding steroid dienone is 4. The molecule has 2 heterocycles. The van der Waals surface area contributed by atoms with E-state index in [0.29, 0.717) is 38.3 Å². The van der Waals surface area contributed by atoms with E-state index >= 15 is 0 Å². The first kappa shape index (κ1) is 25.2. The smallest absolute Gasteiger partial charge is 0.300 e. The predicted molar refractivity (Wildman–Crippen MR) is 125 cm³/mol. The Morgan fingerprint density at radius 3 is 2.27 bits per heavy atom. The Kier molecular flexibility index (Phi) is 7.51. The van der Waals surface area contributed by atoms with E-state index in [0.717, 1.165) is 23.3 Å². The molecule has 2 amide bonds. The van der Waals surface area contributed by atoms with Crippen LogP contribution in [0.3, 0.4) is 0 Å². The van der Waals surface area contributed by atoms with E-state index in [-0.39, 0.29) is 36.1 Å². The largest absolute Gasteiger partial charge is 0.481 e. The summed E-state index contributed by atoms with van der Waals surface area (Å²) in [6.45, 7) is 14.1. The van der Waals surface area contributed by atoms with Crippen molar-refractivity contribution >= 4 is 11.8 Å². The lowest BCUT2D eigenvalue weighted by atomic mass is 9.67. The number of fused-ring (bicyclic) bond motifs is 1. The Morgan fingerprint density at radius 2 is 1.76 bits per heavy atom. The van der Waals surface area contributed by atoms with Crippen molar-refractivity contribution in [3.63, 3.8) is 0 Å². The topological polar surface area (TPSA) is 109 Å². The van der Waals surface area contributed by atoms with Crippen molar-refractivity contribution in [3.8, 4) is 0 Å². The van der Waals surface area contributed by atoms with Gasteiger partial charge in [-0.1, -0.05) is 27.7 Å². The molecule has 0 radical (unpaired) electrons. The molecule has 3 unspecified atom stereocenters. The summed E-state index contributed by atoms with van der Waals surface area (Å²) in [7, 11) is 0. The minimum atomic E-state index is -0.981. The van der Waals surface area contributed by atoms with E-state index in [1.807, 2.05) is 18.7 Å². The Hall–Kier alpha value is -2.42. The van der Waals surface area contributed by atoms with Gasteiger partial charge in [-0.05, 0) is 54.8 Å². The number of nitrogens with zero attached hydrogens (tertiary/aromatic N) is 4. The van der Waals surface area contributed by atoms with E-state index in [1.165, 1.54) is 0 Å². The molecule has 2 aliphatic heterocycles. The fourth-order valence-corrected chi connectivity index (χ4v) is 5.76. The average Bonchev–Trinajstić information content (AvgIpc) is 2.78. The van der Waals surface area contributed by atoms with E-state index in [1.54, 1.807) is 4.90 Å². The van der Waals surface area contributed by atoms with Gasteiger partial charge in [0.15, 0.2) is 5.60 Å². The molecule has 0 bridgehead atoms. The lowest BCUT2D eigenvalue weighted by Crippen LogP contribution is -2.57. The molecule has 0 N–H and O–H groups in total. The molecular weight excluding hydrogens is 424 g/mol. The van der Waals surface area contributed by atoms with Crippen molar-refractivity contribution in [1.29, 1.82) is 0 Å². The Balaban J connectivity index is 1.83. The number of nitroso groups, excluding NO2 is 2. The number of carbonyl (C=O) groups excluding carboxylic acids is 2. The molecule has 3 aliphatic rings.